The van der Waals surface area contributed by atoms with E-state index in [-0.39, 0.29) is 17.9 Å². The molecule has 1 fully saturated rings. The van der Waals surface area contributed by atoms with Crippen LogP contribution >= 0.6 is 0 Å². The first-order valence-electron chi connectivity index (χ1n) is 9.29. The van der Waals surface area contributed by atoms with Crippen molar-refractivity contribution in [1.29, 1.82) is 0 Å². The van der Waals surface area contributed by atoms with E-state index in [4.69, 9.17) is 10.5 Å². The third-order valence-corrected chi connectivity index (χ3v) is 5.22. The molecule has 2 aliphatic heterocycles. The first kappa shape index (κ1) is 18.6. The second-order valence-electron chi connectivity index (χ2n) is 6.98. The van der Waals surface area contributed by atoms with E-state index < -0.39 is 5.54 Å². The summed E-state index contributed by atoms with van der Waals surface area (Å²) in [4.78, 5) is 26.9. The van der Waals surface area contributed by atoms with E-state index >= 15 is 0 Å². The molecule has 6 nitrogen and oxygen atoms in total. The van der Waals surface area contributed by atoms with Gasteiger partial charge < -0.3 is 20.7 Å². The third-order valence-electron chi connectivity index (χ3n) is 5.22. The van der Waals surface area contributed by atoms with E-state index in [1.807, 2.05) is 25.1 Å². The number of nitrogens with two attached hydrogens (primary N) is 1. The number of para-hydroxylation sites is 1. The fourth-order valence-electron chi connectivity index (χ4n) is 3.42. The van der Waals surface area contributed by atoms with E-state index in [2.05, 4.69) is 11.4 Å². The number of carbonyl (C=O) groups excluding carboxylic acids is 2. The standard InChI is InChI=1S/C20H27N3O3/c1-2-16(22-19(25)20(21)10-13-26-14-11-20)7-8-18(24)23-12-9-15-5-3-4-6-17(15)23/h3-8,16H,2,9-14,21H2,1H3,(H,22,25). The molecule has 1 aromatic rings. The number of amides is 2. The summed E-state index contributed by atoms with van der Waals surface area (Å²) in [6.07, 6.45) is 5.93. The third kappa shape index (κ3) is 3.97. The Balaban J connectivity index is 1.61. The Hall–Kier alpha value is -2.18. The summed E-state index contributed by atoms with van der Waals surface area (Å²) < 4.78 is 5.29. The predicted molar refractivity (Wildman–Crippen MR) is 101 cm³/mol. The molecular weight excluding hydrogens is 330 g/mol. The van der Waals surface area contributed by atoms with Crippen molar-refractivity contribution >= 4 is 17.5 Å². The zero-order valence-electron chi connectivity index (χ0n) is 15.2. The Morgan fingerprint density at radius 3 is 2.81 bits per heavy atom. The number of nitrogens with zero attached hydrogens (tertiary/aromatic N) is 1. The van der Waals surface area contributed by atoms with Crippen molar-refractivity contribution < 1.29 is 14.3 Å². The molecule has 0 radical (unpaired) electrons. The molecule has 0 aliphatic carbocycles. The average Bonchev–Trinajstić information content (AvgIpc) is 3.09. The van der Waals surface area contributed by atoms with Crippen LogP contribution in [0, 0.1) is 0 Å². The first-order chi connectivity index (χ1) is 12.5. The van der Waals surface area contributed by atoms with Crippen LogP contribution in [0.3, 0.4) is 0 Å². The Bertz CT molecular complexity index is 695. The van der Waals surface area contributed by atoms with Gasteiger partial charge in [0.1, 0.15) is 0 Å². The minimum Gasteiger partial charge on any atom is -0.381 e. The zero-order valence-corrected chi connectivity index (χ0v) is 15.2. The summed E-state index contributed by atoms with van der Waals surface area (Å²) in [6.45, 7) is 3.67. The van der Waals surface area contributed by atoms with Gasteiger partial charge >= 0.3 is 0 Å². The molecule has 0 saturated carbocycles. The van der Waals surface area contributed by atoms with E-state index in [1.165, 1.54) is 5.56 Å². The molecule has 0 spiro atoms. The molecule has 1 unspecified atom stereocenters. The minimum atomic E-state index is -0.878. The summed E-state index contributed by atoms with van der Waals surface area (Å²) in [5.41, 5.74) is 7.51. The largest absolute Gasteiger partial charge is 0.381 e. The Morgan fingerprint density at radius 1 is 1.35 bits per heavy atom. The van der Waals surface area contributed by atoms with Crippen LogP contribution in [0.2, 0.25) is 0 Å². The number of carbonyl (C=O) groups is 2. The quantitative estimate of drug-likeness (QED) is 0.783. The Morgan fingerprint density at radius 2 is 2.08 bits per heavy atom. The monoisotopic (exact) mass is 357 g/mol. The van der Waals surface area contributed by atoms with Crippen LogP contribution in [0.1, 0.15) is 31.7 Å². The maximum Gasteiger partial charge on any atom is 0.250 e. The van der Waals surface area contributed by atoms with E-state index in [9.17, 15) is 9.59 Å². The number of rotatable bonds is 5. The summed E-state index contributed by atoms with van der Waals surface area (Å²) in [7, 11) is 0. The van der Waals surface area contributed by atoms with Gasteiger partial charge in [0.25, 0.3) is 5.91 Å². The SMILES string of the molecule is CCC(C=CC(=O)N1CCc2ccccc21)NC(=O)C1(N)CCOCC1. The fourth-order valence-corrected chi connectivity index (χ4v) is 3.42. The van der Waals surface area contributed by atoms with Gasteiger partial charge in [0.15, 0.2) is 0 Å². The van der Waals surface area contributed by atoms with Gasteiger partial charge in [0, 0.05) is 37.6 Å². The number of ether oxygens (including phenoxy) is 1. The van der Waals surface area contributed by atoms with Gasteiger partial charge in [0.05, 0.1) is 5.54 Å². The highest BCUT2D eigenvalue weighted by Crippen LogP contribution is 2.27. The summed E-state index contributed by atoms with van der Waals surface area (Å²) in [5.74, 6) is -0.229. The van der Waals surface area contributed by atoms with Gasteiger partial charge in [-0.25, -0.2) is 0 Å². The van der Waals surface area contributed by atoms with E-state index in [1.54, 1.807) is 17.1 Å². The van der Waals surface area contributed by atoms with Gasteiger partial charge in [-0.2, -0.15) is 0 Å². The zero-order chi connectivity index (χ0) is 18.6. The molecule has 3 N–H and O–H groups in total. The highest BCUT2D eigenvalue weighted by atomic mass is 16.5. The lowest BCUT2D eigenvalue weighted by Crippen LogP contribution is -2.58. The highest BCUT2D eigenvalue weighted by molar-refractivity contribution is 6.03. The smallest absolute Gasteiger partial charge is 0.250 e. The number of nitrogens with one attached hydrogen (secondary N) is 1. The van der Waals surface area contributed by atoms with E-state index in [0.29, 0.717) is 39.0 Å². The Labute approximate surface area is 154 Å². The summed E-state index contributed by atoms with van der Waals surface area (Å²) >= 11 is 0. The molecule has 0 bridgehead atoms. The van der Waals surface area contributed by atoms with Crippen molar-refractivity contribution in [1.82, 2.24) is 5.32 Å². The molecule has 1 aromatic carbocycles. The van der Waals surface area contributed by atoms with Crippen molar-refractivity contribution in [2.75, 3.05) is 24.7 Å². The summed E-state index contributed by atoms with van der Waals surface area (Å²) in [5, 5.41) is 2.96. The molecule has 26 heavy (non-hydrogen) atoms. The highest BCUT2D eigenvalue weighted by Gasteiger charge is 2.36. The number of benzene rings is 1. The van der Waals surface area contributed by atoms with Gasteiger partial charge in [-0.1, -0.05) is 31.2 Å². The molecule has 6 heteroatoms. The lowest BCUT2D eigenvalue weighted by Gasteiger charge is -2.33. The number of hydrogen-bond donors (Lipinski definition) is 2. The normalized spacial score (nSPS) is 20.0. The summed E-state index contributed by atoms with van der Waals surface area (Å²) in [6, 6.07) is 7.74. The maximum absolute atomic E-state index is 12.6. The van der Waals surface area contributed by atoms with Gasteiger partial charge in [-0.05, 0) is 37.3 Å². The van der Waals surface area contributed by atoms with Gasteiger partial charge in [0.2, 0.25) is 5.91 Å². The Kier molecular flexibility index (Phi) is 5.74. The predicted octanol–water partition coefficient (Wildman–Crippen LogP) is 1.53. The van der Waals surface area contributed by atoms with Crippen LogP contribution in [0.15, 0.2) is 36.4 Å². The molecular formula is C20H27N3O3. The topological polar surface area (TPSA) is 84.7 Å². The molecule has 0 aromatic heterocycles. The van der Waals surface area contributed by atoms with Crippen LogP contribution in [0.25, 0.3) is 0 Å². The average molecular weight is 357 g/mol. The second-order valence-corrected chi connectivity index (χ2v) is 6.98. The van der Waals surface area contributed by atoms with Crippen molar-refractivity contribution in [3.05, 3.63) is 42.0 Å². The number of anilines is 1. The molecule has 2 heterocycles. The minimum absolute atomic E-state index is 0.0591. The van der Waals surface area contributed by atoms with E-state index in [0.717, 1.165) is 12.1 Å². The van der Waals surface area contributed by atoms with Crippen molar-refractivity contribution in [3.8, 4) is 0 Å². The molecule has 1 saturated heterocycles. The lowest BCUT2D eigenvalue weighted by atomic mass is 9.90. The number of fused-ring (bicyclic) bond motifs is 1. The van der Waals surface area contributed by atoms with Crippen molar-refractivity contribution in [2.24, 2.45) is 5.73 Å². The maximum atomic E-state index is 12.6. The van der Waals surface area contributed by atoms with Crippen LogP contribution in [0.5, 0.6) is 0 Å². The van der Waals surface area contributed by atoms with Crippen molar-refractivity contribution in [3.63, 3.8) is 0 Å². The fraction of sp³-hybridized carbons (Fsp3) is 0.500. The van der Waals surface area contributed by atoms with Gasteiger partial charge in [-0.3, -0.25) is 9.59 Å². The molecule has 2 aliphatic rings. The van der Waals surface area contributed by atoms with Gasteiger partial charge in [-0.15, -0.1) is 0 Å². The second kappa shape index (κ2) is 8.01. The molecule has 2 amide bonds. The molecule has 140 valence electrons. The number of hydrogen-bond acceptors (Lipinski definition) is 4. The van der Waals surface area contributed by atoms with Crippen molar-refractivity contribution in [2.45, 2.75) is 44.2 Å². The van der Waals surface area contributed by atoms with Crippen LogP contribution < -0.4 is 16.0 Å². The molecule has 1 atom stereocenters. The molecule has 3 rings (SSSR count). The first-order valence-corrected chi connectivity index (χ1v) is 9.29. The van der Waals surface area contributed by atoms with Crippen LogP contribution in [-0.4, -0.2) is 43.2 Å². The van der Waals surface area contributed by atoms with Crippen LogP contribution in [-0.2, 0) is 20.7 Å². The van der Waals surface area contributed by atoms with Crippen LogP contribution in [0.4, 0.5) is 5.69 Å². The lowest BCUT2D eigenvalue weighted by molar-refractivity contribution is -0.130.